The second-order valence-corrected chi connectivity index (χ2v) is 16.6. The van der Waals surface area contributed by atoms with Crippen LogP contribution in [0.1, 0.15) is 64.2 Å². The Morgan fingerprint density at radius 3 is 2.55 bits per heavy atom. The number of fused-ring (bicyclic) bond motifs is 2. The average molecular weight is 880 g/mol. The van der Waals surface area contributed by atoms with E-state index in [1.807, 2.05) is 11.8 Å². The molecule has 0 aliphatic carbocycles. The van der Waals surface area contributed by atoms with Gasteiger partial charge < -0.3 is 68.5 Å². The predicted octanol–water partition coefficient (Wildman–Crippen LogP) is -1.53. The Balaban J connectivity index is 1.09. The minimum Gasteiger partial charge on any atom is -0.463 e. The first-order valence-electron chi connectivity index (χ1n) is 19.8. The molecular formula is C36H57N13O9S2. The Labute approximate surface area is 355 Å². The molecule has 0 radical (unpaired) electrons. The van der Waals surface area contributed by atoms with Crippen LogP contribution in [-0.2, 0) is 40.2 Å². The topological polar surface area (TPSA) is 348 Å². The third-order valence-electron chi connectivity index (χ3n) is 9.61. The molecule has 2 aromatic rings. The summed E-state index contributed by atoms with van der Waals surface area (Å²) >= 11 is 2.88. The Bertz CT molecular complexity index is 1870. The fourth-order valence-electron chi connectivity index (χ4n) is 6.56. The smallest absolute Gasteiger partial charge is 0.315 e. The average Bonchev–Trinajstić information content (AvgIpc) is 3.89. The number of hydrogen-bond donors (Lipinski definition) is 10. The number of unbranched alkanes of at least 4 members (excludes halogenated alkanes) is 3. The molecule has 0 bridgehead atoms. The number of aliphatic imine (C=N–C) groups is 1. The SMILES string of the molecule is NC(=O)[C@H](CSCC(=O)OCCOCn1cnc2c(=O)[nH]c(N)cc21)NC(=O)C(CCCN=C(N)N)NC(=O)CCCCCNC(=O)CCCCC1SC[C@@H]2NC(=O)N[C@H]12. The molecule has 2 unspecified atom stereocenters. The van der Waals surface area contributed by atoms with E-state index in [-0.39, 0.29) is 98.1 Å². The van der Waals surface area contributed by atoms with Gasteiger partial charge in [0.05, 0.1) is 36.3 Å². The number of nitrogens with one attached hydrogen (secondary N) is 6. The predicted molar refractivity (Wildman–Crippen MR) is 227 cm³/mol. The molecule has 0 saturated carbocycles. The van der Waals surface area contributed by atoms with Crippen LogP contribution in [0.5, 0.6) is 0 Å². The van der Waals surface area contributed by atoms with Crippen LogP contribution in [0.15, 0.2) is 22.2 Å². The van der Waals surface area contributed by atoms with Crippen molar-refractivity contribution >= 4 is 82.0 Å². The summed E-state index contributed by atoms with van der Waals surface area (Å²) < 4.78 is 12.3. The molecule has 4 rings (SSSR count). The summed E-state index contributed by atoms with van der Waals surface area (Å²) in [5, 5.41) is 14.5. The lowest BCUT2D eigenvalue weighted by molar-refractivity contribution is -0.142. The standard InChI is InChI=1S/C36H57N13O9S2/c37-26-15-24-31(34(55)47-26)43-19-49(24)20-57-13-14-58-29(52)18-59-16-23(32(38)53)45-33(54)21(7-6-12-42-35(39)40)44-28(51)10-2-1-5-11-41-27(50)9-4-3-8-25-30-22(17-60-25)46-36(56)48-30/h15,19,21-23,25,30H,1-14,16-18,20H2,(H2,38,53)(H,41,50)(H,44,51)(H,45,54)(H3,37,47,55)(H4,39,40,42)(H2,46,48,56)/t21?,22-,23-,25?,30-/m0/s1. The van der Waals surface area contributed by atoms with Crippen molar-refractivity contribution in [1.29, 1.82) is 0 Å². The third kappa shape index (κ3) is 16.1. The molecular weight excluding hydrogens is 823 g/mol. The molecule has 5 atom stereocenters. The molecule has 2 fully saturated rings. The number of rotatable bonds is 28. The molecule has 2 aliphatic heterocycles. The van der Waals surface area contributed by atoms with Gasteiger partial charge in [-0.25, -0.2) is 9.78 Å². The van der Waals surface area contributed by atoms with Crippen molar-refractivity contribution in [3.63, 3.8) is 0 Å². The number of esters is 1. The molecule has 2 aliphatic rings. The van der Waals surface area contributed by atoms with Crippen LogP contribution in [0.4, 0.5) is 10.6 Å². The van der Waals surface area contributed by atoms with Gasteiger partial charge in [-0.05, 0) is 38.5 Å². The molecule has 60 heavy (non-hydrogen) atoms. The monoisotopic (exact) mass is 879 g/mol. The highest BCUT2D eigenvalue weighted by Crippen LogP contribution is 2.33. The number of amides is 6. The van der Waals surface area contributed by atoms with Gasteiger partial charge in [0.15, 0.2) is 11.5 Å². The molecule has 332 valence electrons. The number of urea groups is 1. The van der Waals surface area contributed by atoms with Gasteiger partial charge >= 0.3 is 12.0 Å². The number of carbonyl (C=O) groups excluding carboxylic acids is 6. The fraction of sp³-hybridized carbons (Fsp3) is 0.639. The summed E-state index contributed by atoms with van der Waals surface area (Å²) in [5.74, 6) is -1.63. The number of carbonyl (C=O) groups is 6. The molecule has 2 aromatic heterocycles. The molecule has 0 aromatic carbocycles. The van der Waals surface area contributed by atoms with E-state index >= 15 is 0 Å². The normalized spacial score (nSPS) is 17.8. The summed E-state index contributed by atoms with van der Waals surface area (Å²) in [5.41, 5.74) is 22.3. The maximum absolute atomic E-state index is 13.3. The number of pyridine rings is 1. The number of guanidine groups is 1. The van der Waals surface area contributed by atoms with Crippen molar-refractivity contribution < 1.29 is 38.2 Å². The Hall–Kier alpha value is -5.23. The van der Waals surface area contributed by atoms with Crippen molar-refractivity contribution in [1.82, 2.24) is 41.1 Å². The summed E-state index contributed by atoms with van der Waals surface area (Å²) in [6, 6.07) is -0.358. The molecule has 0 spiro atoms. The number of primary amides is 1. The number of aromatic amines is 1. The molecule has 24 heteroatoms. The number of thioether (sulfide) groups is 2. The van der Waals surface area contributed by atoms with E-state index in [0.29, 0.717) is 49.4 Å². The van der Waals surface area contributed by atoms with Crippen molar-refractivity contribution in [2.75, 3.05) is 49.3 Å². The summed E-state index contributed by atoms with van der Waals surface area (Å²) in [7, 11) is 0. The highest BCUT2D eigenvalue weighted by Gasteiger charge is 2.42. The maximum Gasteiger partial charge on any atom is 0.315 e. The van der Waals surface area contributed by atoms with Gasteiger partial charge in [0.2, 0.25) is 23.6 Å². The number of nitrogens with zero attached hydrogens (tertiary/aromatic N) is 3. The van der Waals surface area contributed by atoms with Gasteiger partial charge in [0, 0.05) is 48.8 Å². The van der Waals surface area contributed by atoms with Crippen LogP contribution < -0.4 is 55.1 Å². The van der Waals surface area contributed by atoms with E-state index in [9.17, 15) is 33.6 Å². The van der Waals surface area contributed by atoms with Gasteiger partial charge in [-0.2, -0.15) is 11.8 Å². The number of anilines is 1. The van der Waals surface area contributed by atoms with E-state index in [0.717, 1.165) is 36.8 Å². The second kappa shape index (κ2) is 24.8. The Kier molecular flexibility index (Phi) is 19.6. The van der Waals surface area contributed by atoms with Gasteiger partial charge in [0.25, 0.3) is 5.56 Å². The Morgan fingerprint density at radius 1 is 0.983 bits per heavy atom. The lowest BCUT2D eigenvalue weighted by atomic mass is 10.0. The third-order valence-corrected chi connectivity index (χ3v) is 12.1. The molecule has 6 amide bonds. The molecule has 2 saturated heterocycles. The van der Waals surface area contributed by atoms with E-state index in [1.165, 1.54) is 6.33 Å². The van der Waals surface area contributed by atoms with Crippen molar-refractivity contribution in [3.8, 4) is 0 Å². The number of hydrogen-bond acceptors (Lipinski definition) is 14. The van der Waals surface area contributed by atoms with Gasteiger partial charge in [0.1, 0.15) is 31.2 Å². The number of aromatic nitrogens is 3. The maximum atomic E-state index is 13.3. The quantitative estimate of drug-likeness (QED) is 0.0152. The summed E-state index contributed by atoms with van der Waals surface area (Å²) in [6.45, 7) is 0.723. The number of H-pyrrole nitrogens is 1. The van der Waals surface area contributed by atoms with Crippen molar-refractivity contribution in [3.05, 3.63) is 22.7 Å². The van der Waals surface area contributed by atoms with Gasteiger partial charge in [-0.15, -0.1) is 11.8 Å². The zero-order valence-corrected chi connectivity index (χ0v) is 35.0. The lowest BCUT2D eigenvalue weighted by Crippen LogP contribution is -2.53. The van der Waals surface area contributed by atoms with Crippen LogP contribution in [0.3, 0.4) is 0 Å². The van der Waals surface area contributed by atoms with Gasteiger partial charge in [-0.3, -0.25) is 33.8 Å². The Morgan fingerprint density at radius 2 is 1.77 bits per heavy atom. The zero-order chi connectivity index (χ0) is 43.4. The number of nitrogens with two attached hydrogens (primary N) is 4. The number of imidazole rings is 1. The molecule has 22 nitrogen and oxygen atoms in total. The highest BCUT2D eigenvalue weighted by molar-refractivity contribution is 8.00. The second-order valence-electron chi connectivity index (χ2n) is 14.3. The first-order valence-corrected chi connectivity index (χ1v) is 22.1. The van der Waals surface area contributed by atoms with Crippen LogP contribution >= 0.6 is 23.5 Å². The van der Waals surface area contributed by atoms with Crippen LogP contribution in [-0.4, -0.2) is 129 Å². The summed E-state index contributed by atoms with van der Waals surface area (Å²) in [4.78, 5) is 96.9. The van der Waals surface area contributed by atoms with Crippen molar-refractivity contribution in [2.24, 2.45) is 22.2 Å². The summed E-state index contributed by atoms with van der Waals surface area (Å²) in [6.07, 6.45) is 7.02. The number of nitrogen functional groups attached to an aromatic ring is 1. The zero-order valence-electron chi connectivity index (χ0n) is 33.4. The van der Waals surface area contributed by atoms with Gasteiger partial charge in [-0.1, -0.05) is 12.8 Å². The van der Waals surface area contributed by atoms with E-state index < -0.39 is 35.4 Å². The van der Waals surface area contributed by atoms with E-state index in [2.05, 4.69) is 41.5 Å². The number of ether oxygens (including phenoxy) is 2. The lowest BCUT2D eigenvalue weighted by Gasteiger charge is -2.22. The van der Waals surface area contributed by atoms with E-state index in [4.69, 9.17) is 32.4 Å². The molecule has 4 heterocycles. The first-order chi connectivity index (χ1) is 28.8. The van der Waals surface area contributed by atoms with Crippen LogP contribution in [0.25, 0.3) is 11.0 Å². The van der Waals surface area contributed by atoms with Crippen LogP contribution in [0.2, 0.25) is 0 Å². The molecule has 14 N–H and O–H groups in total. The highest BCUT2D eigenvalue weighted by atomic mass is 32.2. The largest absolute Gasteiger partial charge is 0.463 e. The fourth-order valence-corrected chi connectivity index (χ4v) is 8.95. The van der Waals surface area contributed by atoms with Crippen molar-refractivity contribution in [2.45, 2.75) is 100 Å². The van der Waals surface area contributed by atoms with Crippen LogP contribution in [0, 0.1) is 0 Å². The minimum atomic E-state index is -1.15. The van der Waals surface area contributed by atoms with E-state index in [1.54, 1.807) is 10.6 Å². The first kappa shape index (κ1) is 47.4. The minimum absolute atomic E-state index is 0.0193.